The first kappa shape index (κ1) is 17.8. The van der Waals surface area contributed by atoms with Crippen LogP contribution in [-0.2, 0) is 0 Å². The number of nitrogens with zero attached hydrogens (tertiary/aromatic N) is 1. The molecule has 2 rings (SSSR count). The first-order chi connectivity index (χ1) is 10.2. The number of likely N-dealkylation sites (tertiary alicyclic amines) is 1. The van der Waals surface area contributed by atoms with Crippen LogP contribution in [0.4, 0.5) is 0 Å². The van der Waals surface area contributed by atoms with E-state index in [4.69, 9.17) is 0 Å². The van der Waals surface area contributed by atoms with Gasteiger partial charge in [-0.3, -0.25) is 0 Å². The van der Waals surface area contributed by atoms with Crippen LogP contribution in [0, 0.1) is 6.92 Å². The third-order valence-electron chi connectivity index (χ3n) is 3.62. The second kappa shape index (κ2) is 10.4. The maximum Gasteiger partial charge on any atom is 0.0341 e. The molecule has 0 aromatic heterocycles. The Bertz CT molecular complexity index is 389. The van der Waals surface area contributed by atoms with E-state index >= 15 is 0 Å². The van der Waals surface area contributed by atoms with Crippen LogP contribution in [0.1, 0.15) is 50.7 Å². The van der Waals surface area contributed by atoms with Crippen LogP contribution in [0.25, 0.3) is 5.70 Å². The summed E-state index contributed by atoms with van der Waals surface area (Å²) in [5.74, 6) is 0. The Morgan fingerprint density at radius 1 is 1.10 bits per heavy atom. The maximum atomic E-state index is 4.11. The summed E-state index contributed by atoms with van der Waals surface area (Å²) in [5.41, 5.74) is 3.52. The Morgan fingerprint density at radius 3 is 2.24 bits per heavy atom. The van der Waals surface area contributed by atoms with Crippen molar-refractivity contribution in [1.29, 1.82) is 0 Å². The molecule has 1 aliphatic rings. The molecular weight excluding hydrogens is 256 g/mol. The minimum atomic E-state index is 0.993. The van der Waals surface area contributed by atoms with Gasteiger partial charge in [-0.1, -0.05) is 63.1 Å². The molecule has 1 aliphatic heterocycles. The Balaban J connectivity index is 0.000000677. The molecule has 1 fully saturated rings. The summed E-state index contributed by atoms with van der Waals surface area (Å²) in [7, 11) is 0. The monoisotopic (exact) mass is 288 g/mol. The molecule has 2 heteroatoms. The number of piperidine rings is 1. The van der Waals surface area contributed by atoms with E-state index in [2.05, 4.69) is 61.8 Å². The summed E-state index contributed by atoms with van der Waals surface area (Å²) in [5, 5.41) is 3.43. The Hall–Kier alpha value is -1.28. The molecule has 0 amide bonds. The minimum Gasteiger partial charge on any atom is -0.384 e. The van der Waals surface area contributed by atoms with Gasteiger partial charge in [-0.25, -0.2) is 0 Å². The summed E-state index contributed by atoms with van der Waals surface area (Å²) in [6.45, 7) is 15.1. The highest BCUT2D eigenvalue weighted by molar-refractivity contribution is 5.61. The predicted octanol–water partition coefficient (Wildman–Crippen LogP) is 4.46. The molecule has 0 unspecified atom stereocenters. The van der Waals surface area contributed by atoms with Gasteiger partial charge < -0.3 is 10.2 Å². The molecule has 1 heterocycles. The first-order valence-electron chi connectivity index (χ1n) is 8.39. The highest BCUT2D eigenvalue weighted by Crippen LogP contribution is 2.11. The maximum absolute atomic E-state index is 4.11. The molecule has 1 saturated heterocycles. The third-order valence-corrected chi connectivity index (χ3v) is 3.62. The molecule has 0 aliphatic carbocycles. The minimum absolute atomic E-state index is 0.993. The van der Waals surface area contributed by atoms with E-state index < -0.39 is 0 Å². The summed E-state index contributed by atoms with van der Waals surface area (Å²) < 4.78 is 0. The van der Waals surface area contributed by atoms with Crippen molar-refractivity contribution in [3.05, 3.63) is 42.0 Å². The van der Waals surface area contributed by atoms with Gasteiger partial charge in [-0.2, -0.15) is 0 Å². The normalized spacial score (nSPS) is 15.0. The number of hydrogen-bond acceptors (Lipinski definition) is 2. The van der Waals surface area contributed by atoms with Crippen molar-refractivity contribution in [2.45, 2.75) is 46.5 Å². The molecule has 21 heavy (non-hydrogen) atoms. The van der Waals surface area contributed by atoms with Crippen molar-refractivity contribution in [3.8, 4) is 0 Å². The van der Waals surface area contributed by atoms with Gasteiger partial charge in [-0.05, 0) is 38.4 Å². The average molecular weight is 288 g/mol. The van der Waals surface area contributed by atoms with Crippen LogP contribution < -0.4 is 5.32 Å². The fourth-order valence-corrected chi connectivity index (χ4v) is 2.40. The van der Waals surface area contributed by atoms with Crippen LogP contribution >= 0.6 is 0 Å². The Morgan fingerprint density at radius 2 is 1.67 bits per heavy atom. The van der Waals surface area contributed by atoms with Crippen molar-refractivity contribution in [2.24, 2.45) is 0 Å². The number of nitrogens with one attached hydrogen (secondary N) is 1. The van der Waals surface area contributed by atoms with Gasteiger partial charge in [0.05, 0.1) is 0 Å². The molecule has 2 nitrogen and oxygen atoms in total. The van der Waals surface area contributed by atoms with Crippen molar-refractivity contribution < 1.29 is 0 Å². The van der Waals surface area contributed by atoms with E-state index in [1.807, 2.05) is 0 Å². The smallest absolute Gasteiger partial charge is 0.0341 e. The molecule has 0 atom stereocenters. The van der Waals surface area contributed by atoms with Crippen LogP contribution in [0.5, 0.6) is 0 Å². The van der Waals surface area contributed by atoms with Crippen molar-refractivity contribution in [1.82, 2.24) is 10.2 Å². The highest BCUT2D eigenvalue weighted by Gasteiger charge is 2.09. The summed E-state index contributed by atoms with van der Waals surface area (Å²) in [6, 6.07) is 8.52. The summed E-state index contributed by atoms with van der Waals surface area (Å²) in [4.78, 5) is 2.54. The molecule has 0 bridgehead atoms. The topological polar surface area (TPSA) is 15.3 Å². The van der Waals surface area contributed by atoms with Crippen LogP contribution in [0.3, 0.4) is 0 Å². The fourth-order valence-electron chi connectivity index (χ4n) is 2.40. The molecule has 1 aromatic rings. The fraction of sp³-hybridized carbons (Fsp3) is 0.579. The zero-order valence-corrected chi connectivity index (χ0v) is 14.1. The van der Waals surface area contributed by atoms with E-state index in [1.54, 1.807) is 0 Å². The highest BCUT2D eigenvalue weighted by atomic mass is 15.1. The lowest BCUT2D eigenvalue weighted by Gasteiger charge is -2.26. The summed E-state index contributed by atoms with van der Waals surface area (Å²) in [6.07, 6.45) is 5.37. The standard InChI is InChI=1S/C16H24N2.C3H8/c1-14-6-8-16(9-7-14)15(2)17-10-13-18-11-4-3-5-12-18;1-3-2/h6-9,17H,2-5,10-13H2,1H3;3H2,1-2H3. The van der Waals surface area contributed by atoms with Gasteiger partial charge in [0.15, 0.2) is 0 Å². The largest absolute Gasteiger partial charge is 0.384 e. The number of rotatable bonds is 5. The van der Waals surface area contributed by atoms with Gasteiger partial charge in [0, 0.05) is 18.8 Å². The quantitative estimate of drug-likeness (QED) is 0.860. The van der Waals surface area contributed by atoms with E-state index in [0.29, 0.717) is 0 Å². The Kier molecular flexibility index (Phi) is 8.84. The van der Waals surface area contributed by atoms with Gasteiger partial charge in [0.25, 0.3) is 0 Å². The number of aryl methyl sites for hydroxylation is 1. The zero-order chi connectivity index (χ0) is 15.5. The molecular formula is C19H32N2. The van der Waals surface area contributed by atoms with E-state index in [0.717, 1.165) is 18.8 Å². The van der Waals surface area contributed by atoms with E-state index in [9.17, 15) is 0 Å². The number of benzene rings is 1. The average Bonchev–Trinajstić information content (AvgIpc) is 2.50. The number of hydrogen-bond donors (Lipinski definition) is 1. The zero-order valence-electron chi connectivity index (χ0n) is 14.1. The molecule has 0 spiro atoms. The molecule has 1 N–H and O–H groups in total. The van der Waals surface area contributed by atoms with E-state index in [1.165, 1.54) is 49.9 Å². The predicted molar refractivity (Wildman–Crippen MR) is 94.5 cm³/mol. The van der Waals surface area contributed by atoms with Gasteiger partial charge in [-0.15, -0.1) is 0 Å². The second-order valence-corrected chi connectivity index (χ2v) is 5.88. The van der Waals surface area contributed by atoms with Gasteiger partial charge in [0.1, 0.15) is 0 Å². The van der Waals surface area contributed by atoms with Crippen LogP contribution in [0.15, 0.2) is 30.8 Å². The van der Waals surface area contributed by atoms with Crippen molar-refractivity contribution in [2.75, 3.05) is 26.2 Å². The molecule has 0 radical (unpaired) electrons. The molecule has 118 valence electrons. The van der Waals surface area contributed by atoms with Crippen molar-refractivity contribution >= 4 is 5.70 Å². The summed E-state index contributed by atoms with van der Waals surface area (Å²) >= 11 is 0. The first-order valence-corrected chi connectivity index (χ1v) is 8.39. The van der Waals surface area contributed by atoms with Gasteiger partial charge >= 0.3 is 0 Å². The van der Waals surface area contributed by atoms with E-state index in [-0.39, 0.29) is 0 Å². The van der Waals surface area contributed by atoms with Crippen LogP contribution in [0.2, 0.25) is 0 Å². The lowest BCUT2D eigenvalue weighted by Crippen LogP contribution is -2.35. The lowest BCUT2D eigenvalue weighted by atomic mass is 10.1. The molecule has 1 aromatic carbocycles. The van der Waals surface area contributed by atoms with Crippen LogP contribution in [-0.4, -0.2) is 31.1 Å². The Labute approximate surface area is 131 Å². The van der Waals surface area contributed by atoms with Crippen molar-refractivity contribution in [3.63, 3.8) is 0 Å². The SMILES string of the molecule is C=C(NCCN1CCCCC1)c1ccc(C)cc1.CCC. The third kappa shape index (κ3) is 7.33. The van der Waals surface area contributed by atoms with Gasteiger partial charge in [0.2, 0.25) is 0 Å². The second-order valence-electron chi connectivity index (χ2n) is 5.88. The lowest BCUT2D eigenvalue weighted by molar-refractivity contribution is 0.232. The molecule has 0 saturated carbocycles.